The highest BCUT2D eigenvalue weighted by molar-refractivity contribution is 7.72. The lowest BCUT2D eigenvalue weighted by Crippen LogP contribution is -2.27. The van der Waals surface area contributed by atoms with Crippen LogP contribution in [0.25, 0.3) is 0 Å². The second-order valence-electron chi connectivity index (χ2n) is 17.5. The summed E-state index contributed by atoms with van der Waals surface area (Å²) < 4.78 is 132. The predicted molar refractivity (Wildman–Crippen MR) is 315 cm³/mol. The van der Waals surface area contributed by atoms with Gasteiger partial charge in [0.1, 0.15) is 41.8 Å². The Kier molecular flexibility index (Phi) is 49.3. The molecule has 0 fully saturated rings. The topological polar surface area (TPSA) is 839 Å². The van der Waals surface area contributed by atoms with E-state index in [9.17, 15) is 59.3 Å². The van der Waals surface area contributed by atoms with Crippen molar-refractivity contribution >= 4 is 120 Å². The third-order valence-electron chi connectivity index (χ3n) is 8.20. The molecule has 1 aromatic carbocycles. The Balaban J connectivity index is -0.000000227. The van der Waals surface area contributed by atoms with E-state index in [-0.39, 0.29) is 26.9 Å². The number of benzene rings is 1. The Hall–Kier alpha value is 0.430. The van der Waals surface area contributed by atoms with E-state index in [0.29, 0.717) is 18.2 Å². The van der Waals surface area contributed by atoms with Gasteiger partial charge < -0.3 is 143 Å². The number of phenolic OH excluding ortho intramolecular Hbond substituents is 1. The summed E-state index contributed by atoms with van der Waals surface area (Å²) in [6.45, 7) is 3.46. The molecule has 0 aliphatic rings. The lowest BCUT2D eigenvalue weighted by Gasteiger charge is -2.24. The van der Waals surface area contributed by atoms with Gasteiger partial charge in [-0.25, -0.2) is 9.13 Å². The maximum Gasteiger partial charge on any atom is 0.436 e. The van der Waals surface area contributed by atoms with E-state index >= 15 is 0 Å². The number of thiophene rings is 1. The molecule has 0 saturated carbocycles. The Bertz CT molecular complexity index is 2830. The summed E-state index contributed by atoms with van der Waals surface area (Å²) in [6, 6.07) is 7.87. The first-order valence-corrected chi connectivity index (χ1v) is 46.4. The average Bonchev–Trinajstić information content (AvgIpc) is 3.80. The van der Waals surface area contributed by atoms with Crippen molar-refractivity contribution in [1.29, 1.82) is 0 Å². The number of unbranched alkanes of at least 4 members (excludes halogenated alkanes) is 9. The molecule has 0 aliphatic carbocycles. The molecule has 90 heavy (non-hydrogen) atoms. The Morgan fingerprint density at radius 2 is 0.711 bits per heavy atom. The quantitative estimate of drug-likeness (QED) is 0.0321. The molecule has 0 amide bonds. The lowest BCUT2D eigenvalue weighted by molar-refractivity contribution is -0.0633. The highest BCUT2D eigenvalue weighted by Crippen LogP contribution is 2.67. The maximum atomic E-state index is 10.6. The second kappa shape index (κ2) is 43.8. The zero-order valence-electron chi connectivity index (χ0n) is 46.6. The van der Waals surface area contributed by atoms with Crippen molar-refractivity contribution in [2.75, 3.05) is 44.3 Å². The number of aliphatic hydroxyl groups is 1. The minimum absolute atomic E-state index is 0.0119. The molecule has 2 aromatic rings. The van der Waals surface area contributed by atoms with E-state index < -0.39 is 140 Å². The molecule has 0 spiro atoms. The number of hydrogen-bond acceptors (Lipinski definition) is 20. The van der Waals surface area contributed by atoms with E-state index in [2.05, 4.69) is 6.92 Å². The average molecular weight is 1600 g/mol. The van der Waals surface area contributed by atoms with E-state index in [1.165, 1.54) is 75.3 Å². The molecule has 0 atom stereocenters. The molecular weight excluding hydrogens is 1530 g/mol. The molecule has 1 aromatic heterocycles. The molecule has 542 valence electrons. The van der Waals surface area contributed by atoms with Gasteiger partial charge in [0, 0.05) is 17.4 Å². The zero-order valence-corrected chi connectivity index (χ0v) is 59.1. The van der Waals surface area contributed by atoms with Crippen LogP contribution in [0.15, 0.2) is 41.8 Å². The van der Waals surface area contributed by atoms with Gasteiger partial charge in [0.05, 0.1) is 5.30 Å². The number of rotatable bonds is 27. The molecule has 0 aliphatic heterocycles. The van der Waals surface area contributed by atoms with Crippen molar-refractivity contribution in [2.24, 2.45) is 0 Å². The molecule has 60 heteroatoms. The van der Waals surface area contributed by atoms with Crippen LogP contribution < -0.4 is 9.92 Å². The standard InChI is InChI=1S/C12H27O3P.C6H7O4P.C4H5O3PS.C3H12NO9P3.C2H9NO7P2.C2H8O7P2.CH5O3P.H5NO7P2/c1-2-3-4-5-6-7-8-9-10-11-12-16(13,14)15;7-5-1-3-6(4-2-5)11(8,9)10;5-8(6,7)4-2-1-3-9-4;5-14(6,7)1-4(2-15(8,9)10)3-16(11,12)13;4-3(1-11(5,6)7)2-12(8,9)10;1-2(3,10(4,5)6)11(7,8)9;1-5(2,3)4;2-1(9(3,4)5)10(6,7)8/h2-12H2,1H3,(H2,13,14,15);1-4,7H,(H2,8,9,10);1-3H,(H2,5,6,7);1-3H2,(H2,5,6,7)(H2,8,9,10)(H2,11,12,13);4H,1-2H2,(H2,5,6,7)(H2,8,9,10);3H,1H3,(H2,4,5,6)(H2,7,8,9);1H3,(H2,2,3,4);2H,(H2,3,4,5)(H2,6,7,8). The summed E-state index contributed by atoms with van der Waals surface area (Å²) >= 11 is 1.07. The van der Waals surface area contributed by atoms with Crippen LogP contribution in [0.3, 0.4) is 0 Å². The number of hydroxylamine groups is 2. The predicted octanol–water partition coefficient (Wildman–Crippen LogP) is 0.138. The fraction of sp³-hybridized carbons (Fsp3) is 0.667. The summed E-state index contributed by atoms with van der Waals surface area (Å²) in [4.78, 5) is 216. The molecule has 46 nitrogen and oxygen atoms in total. The van der Waals surface area contributed by atoms with Crippen molar-refractivity contribution in [3.05, 3.63) is 41.8 Å². The molecule has 0 bridgehead atoms. The Labute approximate surface area is 515 Å². The van der Waals surface area contributed by atoms with Crippen molar-refractivity contribution in [3.8, 4) is 5.75 Å². The minimum atomic E-state index is -5.25. The first-order chi connectivity index (χ1) is 39.2. The van der Waals surface area contributed by atoms with Gasteiger partial charge in [-0.05, 0) is 49.1 Å². The van der Waals surface area contributed by atoms with Crippen LogP contribution in [0, 0.1) is 0 Å². The number of aromatic hydroxyl groups is 1. The molecule has 1 heterocycles. The van der Waals surface area contributed by atoms with Gasteiger partial charge in [-0.3, -0.25) is 60.3 Å². The van der Waals surface area contributed by atoms with Gasteiger partial charge >= 0.3 is 99.0 Å². The number of hydrogen-bond donors (Lipinski definition) is 30. The SMILES string of the molecule is CC(O)(P(=O)(O)O)P(=O)(O)O.CCCCCCCCCCCCP(=O)(O)O.CP(=O)(O)O.O=P(O)(O)CN(CP(=O)(O)O)CP(=O)(O)O.O=P(O)(O)CN(O)CP(=O)(O)O.O=P(O)(O)N(O)P(=O)(O)O.O=P(O)(O)c1ccc(O)cc1.O=P(O)(O)c1cccs1. The zero-order chi connectivity index (χ0) is 73.4. The van der Waals surface area contributed by atoms with Crippen molar-refractivity contribution in [3.63, 3.8) is 0 Å². The van der Waals surface area contributed by atoms with Crippen LogP contribution in [0.5, 0.6) is 5.75 Å². The van der Waals surface area contributed by atoms with Gasteiger partial charge in [0.15, 0.2) is 0 Å². The summed E-state index contributed by atoms with van der Waals surface area (Å²) in [5, 5.41) is 32.2. The van der Waals surface area contributed by atoms with Crippen molar-refractivity contribution < 1.29 is 207 Å². The van der Waals surface area contributed by atoms with Crippen molar-refractivity contribution in [2.45, 2.75) is 83.1 Å². The monoisotopic (exact) mass is 1600 g/mol. The summed E-state index contributed by atoms with van der Waals surface area (Å²) in [5.41, 5.74) is 0. The van der Waals surface area contributed by atoms with Crippen LogP contribution in [-0.4, -0.2) is 212 Å². The maximum absolute atomic E-state index is 10.6. The molecule has 0 radical (unpaired) electrons. The summed E-state index contributed by atoms with van der Waals surface area (Å²) in [7, 11) is -59.3. The third kappa shape index (κ3) is 71.2. The largest absolute Gasteiger partial charge is 0.508 e. The van der Waals surface area contributed by atoms with Gasteiger partial charge in [-0.1, -0.05) is 70.8 Å². The van der Waals surface area contributed by atoms with Crippen LogP contribution in [0.1, 0.15) is 78.1 Å². The highest BCUT2D eigenvalue weighted by Gasteiger charge is 2.55. The van der Waals surface area contributed by atoms with Gasteiger partial charge in [0.2, 0.25) is 0 Å². The normalized spacial score (nSPS) is 13.2. The lowest BCUT2D eigenvalue weighted by atomic mass is 10.1. The Morgan fingerprint density at radius 1 is 0.422 bits per heavy atom. The van der Waals surface area contributed by atoms with Crippen LogP contribution in [0.4, 0.5) is 0 Å². The third-order valence-corrected chi connectivity index (χ3v) is 22.3. The first kappa shape index (κ1) is 101. The van der Waals surface area contributed by atoms with E-state index in [1.807, 2.05) is 0 Å². The summed E-state index contributed by atoms with van der Waals surface area (Å²) in [6.07, 6.45) is 6.35. The smallest absolute Gasteiger partial charge is 0.436 e. The minimum Gasteiger partial charge on any atom is -0.508 e. The molecule has 0 unspecified atom stereocenters. The van der Waals surface area contributed by atoms with Gasteiger partial charge in [0.25, 0.3) is 5.08 Å². The molecule has 0 saturated heterocycles. The van der Waals surface area contributed by atoms with E-state index in [1.54, 1.807) is 11.4 Å². The first-order valence-electron chi connectivity index (χ1n) is 23.1. The van der Waals surface area contributed by atoms with E-state index in [4.69, 9.17) is 148 Å². The molecule has 30 N–H and O–H groups in total. The molecule has 2 rings (SSSR count). The van der Waals surface area contributed by atoms with Crippen LogP contribution >= 0.6 is 110 Å². The number of phenols is 1. The second-order valence-corrected chi connectivity index (χ2v) is 40.9. The van der Waals surface area contributed by atoms with E-state index in [0.717, 1.165) is 30.8 Å². The van der Waals surface area contributed by atoms with Gasteiger partial charge in [-0.2, -0.15) is 5.06 Å². The number of nitrogens with zero attached hydrogens (tertiary/aromatic N) is 3. The van der Waals surface area contributed by atoms with Crippen molar-refractivity contribution in [1.82, 2.24) is 14.6 Å². The van der Waals surface area contributed by atoms with Gasteiger partial charge in [-0.15, -0.1) is 11.3 Å². The van der Waals surface area contributed by atoms with Crippen LogP contribution in [-0.2, 0) is 59.3 Å². The fourth-order valence-electron chi connectivity index (χ4n) is 4.59. The summed E-state index contributed by atoms with van der Waals surface area (Å²) in [5.74, 6) is -0.0119. The van der Waals surface area contributed by atoms with Crippen LogP contribution in [0.2, 0.25) is 0 Å². The highest BCUT2D eigenvalue weighted by atomic mass is 32.1. The fourth-order valence-corrected chi connectivity index (χ4v) is 13.7. The Morgan fingerprint density at radius 3 is 0.889 bits per heavy atom. The molecular formula is C30H78N3O43P13S.